The lowest BCUT2D eigenvalue weighted by Gasteiger charge is -2.32. The van der Waals surface area contributed by atoms with E-state index < -0.39 is 6.04 Å². The number of amidine groups is 1. The van der Waals surface area contributed by atoms with Crippen molar-refractivity contribution < 1.29 is 14.2 Å². The highest BCUT2D eigenvalue weighted by atomic mass is 16.2. The molecular formula is C16H17N4O2+. The van der Waals surface area contributed by atoms with Gasteiger partial charge in [0.1, 0.15) is 0 Å². The first kappa shape index (κ1) is 14.2. The molecule has 0 radical (unpaired) electrons. The first-order valence-electron chi connectivity index (χ1n) is 7.03. The summed E-state index contributed by atoms with van der Waals surface area (Å²) in [4.78, 5) is 31.7. The summed E-state index contributed by atoms with van der Waals surface area (Å²) in [7, 11) is 3.42. The van der Waals surface area contributed by atoms with Gasteiger partial charge in [-0.2, -0.15) is 0 Å². The minimum atomic E-state index is -0.507. The Labute approximate surface area is 128 Å². The van der Waals surface area contributed by atoms with Crippen molar-refractivity contribution in [2.75, 3.05) is 20.6 Å². The molecule has 1 aromatic carbocycles. The van der Waals surface area contributed by atoms with Gasteiger partial charge in [-0.3, -0.25) is 14.6 Å². The van der Waals surface area contributed by atoms with E-state index in [9.17, 15) is 9.59 Å². The Kier molecular flexibility index (Phi) is 3.58. The number of amides is 3. The van der Waals surface area contributed by atoms with Crippen LogP contribution in [0.4, 0.5) is 4.79 Å². The highest BCUT2D eigenvalue weighted by molar-refractivity contribution is 6.21. The minimum Gasteiger partial charge on any atom is -0.269 e. The van der Waals surface area contributed by atoms with E-state index in [-0.39, 0.29) is 18.5 Å². The number of hydrogen-bond acceptors (Lipinski definition) is 3. The smallest absolute Gasteiger partial charge is 0.269 e. The lowest BCUT2D eigenvalue weighted by atomic mass is 10.1. The van der Waals surface area contributed by atoms with Crippen molar-refractivity contribution in [1.29, 1.82) is 0 Å². The second-order valence-corrected chi connectivity index (χ2v) is 5.27. The van der Waals surface area contributed by atoms with E-state index in [4.69, 9.17) is 0 Å². The van der Waals surface area contributed by atoms with Crippen molar-refractivity contribution in [2.45, 2.75) is 6.04 Å². The van der Waals surface area contributed by atoms with Crippen molar-refractivity contribution >= 4 is 30.2 Å². The van der Waals surface area contributed by atoms with Crippen LogP contribution in [0.5, 0.6) is 0 Å². The third kappa shape index (κ3) is 2.32. The number of likely N-dealkylation sites (N-methyl/N-ethyl adjacent to an activating group) is 2. The van der Waals surface area contributed by atoms with E-state index in [1.54, 1.807) is 25.0 Å². The van der Waals surface area contributed by atoms with Crippen LogP contribution in [0.2, 0.25) is 0 Å². The summed E-state index contributed by atoms with van der Waals surface area (Å²) in [5.41, 5.74) is 1.03. The maximum absolute atomic E-state index is 12.5. The number of aliphatic imine (C=N–C) groups is 1. The highest BCUT2D eigenvalue weighted by Gasteiger charge is 2.50. The Hall–Kier alpha value is -2.76. The topological polar surface area (TPSA) is 56.0 Å². The number of carbonyl (C=O) groups excluding carboxylic acids is 2. The standard InChI is InChI=1S/C16H17N4O2/c1-18-11-17-14-13(18)15(21)20(16(22)19(14)2)10-6-9-12-7-4-3-5-8-12/h3-9,11,13H,10H2,1-2H3/q+1/b9-6+. The normalized spacial score (nSPS) is 21.3. The minimum absolute atomic E-state index is 0.240. The van der Waals surface area contributed by atoms with E-state index in [2.05, 4.69) is 4.99 Å². The molecule has 0 aromatic heterocycles. The van der Waals surface area contributed by atoms with Crippen LogP contribution in [0.3, 0.4) is 0 Å². The number of rotatable bonds is 3. The van der Waals surface area contributed by atoms with Gasteiger partial charge in [0.05, 0.1) is 7.05 Å². The number of benzene rings is 1. The van der Waals surface area contributed by atoms with Crippen LogP contribution in [0.15, 0.2) is 41.4 Å². The van der Waals surface area contributed by atoms with Gasteiger partial charge in [0.2, 0.25) is 0 Å². The van der Waals surface area contributed by atoms with Crippen LogP contribution in [-0.4, -0.2) is 65.2 Å². The van der Waals surface area contributed by atoms with Gasteiger partial charge in [0, 0.05) is 13.6 Å². The second kappa shape index (κ2) is 5.55. The van der Waals surface area contributed by atoms with Crippen molar-refractivity contribution in [3.05, 3.63) is 42.0 Å². The lowest BCUT2D eigenvalue weighted by molar-refractivity contribution is -0.500. The van der Waals surface area contributed by atoms with E-state index in [1.807, 2.05) is 42.5 Å². The molecule has 0 spiro atoms. The summed E-state index contributed by atoms with van der Waals surface area (Å²) in [5.74, 6) is 0.247. The van der Waals surface area contributed by atoms with Gasteiger partial charge in [-0.05, 0) is 10.6 Å². The summed E-state index contributed by atoms with van der Waals surface area (Å²) in [5, 5.41) is 0. The maximum Gasteiger partial charge on any atom is 0.334 e. The summed E-state index contributed by atoms with van der Waals surface area (Å²) in [6, 6.07) is 8.90. The molecule has 0 bridgehead atoms. The molecule has 0 aliphatic carbocycles. The Morgan fingerprint density at radius 3 is 2.73 bits per heavy atom. The van der Waals surface area contributed by atoms with Crippen LogP contribution < -0.4 is 0 Å². The number of hydrogen-bond donors (Lipinski definition) is 0. The zero-order valence-corrected chi connectivity index (χ0v) is 12.5. The molecule has 0 N–H and O–H groups in total. The third-order valence-electron chi connectivity index (χ3n) is 3.78. The van der Waals surface area contributed by atoms with Gasteiger partial charge in [-0.15, -0.1) is 0 Å². The van der Waals surface area contributed by atoms with Gasteiger partial charge in [-0.1, -0.05) is 42.5 Å². The molecule has 22 heavy (non-hydrogen) atoms. The van der Waals surface area contributed by atoms with Gasteiger partial charge in [0.15, 0.2) is 0 Å². The Balaban J connectivity index is 1.77. The number of carbonyl (C=O) groups is 2. The SMILES string of the molecule is CN1C(=O)N(C/C=C/c2ccccc2)C(=O)C2C1=NC=[N+]2C. The van der Waals surface area contributed by atoms with Crippen molar-refractivity contribution in [3.63, 3.8) is 0 Å². The van der Waals surface area contributed by atoms with Crippen LogP contribution in [0, 0.1) is 0 Å². The molecule has 1 saturated heterocycles. The molecule has 2 aliphatic heterocycles. The fourth-order valence-corrected chi connectivity index (χ4v) is 2.57. The summed E-state index contributed by atoms with van der Waals surface area (Å²) in [6.07, 6.45) is 5.29. The number of fused-ring (bicyclic) bond motifs is 1. The molecule has 1 fully saturated rings. The summed E-state index contributed by atoms with van der Waals surface area (Å²) in [6.45, 7) is 0.245. The summed E-state index contributed by atoms with van der Waals surface area (Å²) >= 11 is 0. The van der Waals surface area contributed by atoms with E-state index in [0.717, 1.165) is 5.56 Å². The zero-order valence-electron chi connectivity index (χ0n) is 12.5. The summed E-state index contributed by atoms with van der Waals surface area (Å²) < 4.78 is 1.72. The Morgan fingerprint density at radius 2 is 2.00 bits per heavy atom. The number of urea groups is 1. The fourth-order valence-electron chi connectivity index (χ4n) is 2.57. The molecular weight excluding hydrogens is 280 g/mol. The average molecular weight is 297 g/mol. The first-order valence-corrected chi connectivity index (χ1v) is 7.03. The molecule has 2 heterocycles. The van der Waals surface area contributed by atoms with Gasteiger partial charge in [0.25, 0.3) is 24.1 Å². The Bertz CT molecular complexity index is 706. The fraction of sp³-hybridized carbons (Fsp3) is 0.250. The molecule has 2 aliphatic rings. The van der Waals surface area contributed by atoms with Crippen molar-refractivity contribution in [1.82, 2.24) is 9.80 Å². The number of imide groups is 1. The van der Waals surface area contributed by atoms with E-state index >= 15 is 0 Å². The van der Waals surface area contributed by atoms with Gasteiger partial charge in [-0.25, -0.2) is 9.37 Å². The van der Waals surface area contributed by atoms with Crippen LogP contribution in [0.25, 0.3) is 6.08 Å². The van der Waals surface area contributed by atoms with E-state index in [0.29, 0.717) is 5.84 Å². The molecule has 0 saturated carbocycles. The quantitative estimate of drug-likeness (QED) is 0.783. The number of nitrogens with zero attached hydrogens (tertiary/aromatic N) is 4. The zero-order chi connectivity index (χ0) is 15.7. The third-order valence-corrected chi connectivity index (χ3v) is 3.78. The van der Waals surface area contributed by atoms with Crippen molar-refractivity contribution in [2.24, 2.45) is 4.99 Å². The maximum atomic E-state index is 12.5. The molecule has 1 unspecified atom stereocenters. The highest BCUT2D eigenvalue weighted by Crippen LogP contribution is 2.17. The first-order chi connectivity index (χ1) is 10.6. The molecule has 6 nitrogen and oxygen atoms in total. The second-order valence-electron chi connectivity index (χ2n) is 5.27. The van der Waals surface area contributed by atoms with Crippen LogP contribution >= 0.6 is 0 Å². The molecule has 1 atom stereocenters. The van der Waals surface area contributed by atoms with Crippen LogP contribution in [0.1, 0.15) is 5.56 Å². The van der Waals surface area contributed by atoms with Crippen LogP contribution in [-0.2, 0) is 4.79 Å². The predicted molar refractivity (Wildman–Crippen MR) is 83.8 cm³/mol. The monoisotopic (exact) mass is 297 g/mol. The van der Waals surface area contributed by atoms with E-state index in [1.165, 1.54) is 9.80 Å². The molecule has 3 rings (SSSR count). The van der Waals surface area contributed by atoms with Gasteiger partial charge >= 0.3 is 6.03 Å². The average Bonchev–Trinajstić information content (AvgIpc) is 2.91. The Morgan fingerprint density at radius 1 is 1.27 bits per heavy atom. The largest absolute Gasteiger partial charge is 0.334 e. The predicted octanol–water partition coefficient (Wildman–Crippen LogP) is 1.05. The lowest BCUT2D eigenvalue weighted by Crippen LogP contribution is -2.62. The molecule has 3 amide bonds. The molecule has 112 valence electrons. The molecule has 6 heteroatoms. The van der Waals surface area contributed by atoms with Gasteiger partial charge < -0.3 is 0 Å². The molecule has 1 aromatic rings. The van der Waals surface area contributed by atoms with Crippen molar-refractivity contribution in [3.8, 4) is 0 Å².